The Morgan fingerprint density at radius 2 is 1.44 bits per heavy atom. The van der Waals surface area contributed by atoms with Crippen molar-refractivity contribution in [3.05, 3.63) is 35.4 Å². The first kappa shape index (κ1) is 13.2. The predicted octanol–water partition coefficient (Wildman–Crippen LogP) is 2.41. The van der Waals surface area contributed by atoms with Gasteiger partial charge in [0.2, 0.25) is 0 Å². The second-order valence-electron chi connectivity index (χ2n) is 5.57. The highest BCUT2D eigenvalue weighted by Gasteiger charge is 2.23. The van der Waals surface area contributed by atoms with Crippen LogP contribution in [0.5, 0.6) is 0 Å². The molecule has 1 unspecified atom stereocenters. The van der Waals surface area contributed by atoms with E-state index in [0.29, 0.717) is 0 Å². The largest absolute Gasteiger partial charge is 0.394 e. The molecule has 16 heavy (non-hydrogen) atoms. The van der Waals surface area contributed by atoms with Gasteiger partial charge in [-0.1, -0.05) is 45.0 Å². The van der Waals surface area contributed by atoms with Gasteiger partial charge in [-0.2, -0.15) is 0 Å². The molecule has 0 radical (unpaired) electrons. The van der Waals surface area contributed by atoms with E-state index in [1.54, 1.807) is 0 Å². The fourth-order valence-electron chi connectivity index (χ4n) is 1.65. The first-order valence-corrected chi connectivity index (χ1v) is 5.74. The Kier molecular flexibility index (Phi) is 3.76. The van der Waals surface area contributed by atoms with Crippen molar-refractivity contribution < 1.29 is 5.11 Å². The fourth-order valence-corrected chi connectivity index (χ4v) is 1.65. The van der Waals surface area contributed by atoms with Crippen molar-refractivity contribution in [3.63, 3.8) is 0 Å². The van der Waals surface area contributed by atoms with Gasteiger partial charge in [0.25, 0.3) is 0 Å². The average Bonchev–Trinajstić information content (AvgIpc) is 2.27. The van der Waals surface area contributed by atoms with Gasteiger partial charge in [-0.05, 0) is 30.5 Å². The molecule has 0 saturated heterocycles. The minimum atomic E-state index is -0.351. The number of nitrogens with one attached hydrogen (secondary N) is 1. The van der Waals surface area contributed by atoms with Crippen LogP contribution in [0.4, 0.5) is 0 Å². The maximum absolute atomic E-state index is 9.41. The lowest BCUT2D eigenvalue weighted by Crippen LogP contribution is -2.40. The molecule has 0 bridgehead atoms. The Balaban J connectivity index is 3.04. The van der Waals surface area contributed by atoms with Crippen molar-refractivity contribution in [2.24, 2.45) is 0 Å². The van der Waals surface area contributed by atoms with Gasteiger partial charge in [-0.15, -0.1) is 0 Å². The van der Waals surface area contributed by atoms with E-state index in [9.17, 15) is 5.11 Å². The van der Waals surface area contributed by atoms with Crippen molar-refractivity contribution in [1.82, 2.24) is 5.32 Å². The molecule has 1 aromatic carbocycles. The summed E-state index contributed by atoms with van der Waals surface area (Å²) < 4.78 is 0. The van der Waals surface area contributed by atoms with Gasteiger partial charge < -0.3 is 10.4 Å². The van der Waals surface area contributed by atoms with E-state index in [1.165, 1.54) is 5.56 Å². The number of aliphatic hydroxyl groups is 1. The zero-order valence-corrected chi connectivity index (χ0v) is 11.0. The van der Waals surface area contributed by atoms with E-state index in [-0.39, 0.29) is 17.6 Å². The normalized spacial score (nSPS) is 15.9. The maximum Gasteiger partial charge on any atom is 0.0652 e. The summed E-state index contributed by atoms with van der Waals surface area (Å²) in [4.78, 5) is 0. The van der Waals surface area contributed by atoms with Crippen LogP contribution in [0.3, 0.4) is 0 Å². The molecule has 2 nitrogen and oxygen atoms in total. The summed E-state index contributed by atoms with van der Waals surface area (Å²) in [6.07, 6.45) is 0. The van der Waals surface area contributed by atoms with Crippen LogP contribution in [0.15, 0.2) is 24.3 Å². The van der Waals surface area contributed by atoms with E-state index >= 15 is 0 Å². The molecule has 0 heterocycles. The van der Waals surface area contributed by atoms with Gasteiger partial charge in [-0.25, -0.2) is 0 Å². The number of likely N-dealkylation sites (N-methyl/N-ethyl adjacent to an activating group) is 1. The third-order valence-corrected chi connectivity index (χ3v) is 3.26. The Morgan fingerprint density at radius 3 is 1.75 bits per heavy atom. The molecule has 0 aliphatic rings. The molecule has 0 fully saturated rings. The van der Waals surface area contributed by atoms with Gasteiger partial charge in [0.05, 0.1) is 12.1 Å². The first-order chi connectivity index (χ1) is 7.33. The SMILES string of the molecule is CNC(C)(CO)c1ccc(C(C)(C)C)cc1. The highest BCUT2D eigenvalue weighted by Crippen LogP contribution is 2.25. The maximum atomic E-state index is 9.41. The molecule has 0 saturated carbocycles. The van der Waals surface area contributed by atoms with Crippen LogP contribution >= 0.6 is 0 Å². The van der Waals surface area contributed by atoms with Crippen molar-refractivity contribution in [2.75, 3.05) is 13.7 Å². The van der Waals surface area contributed by atoms with Crippen molar-refractivity contribution >= 4 is 0 Å². The molecule has 0 spiro atoms. The van der Waals surface area contributed by atoms with E-state index in [1.807, 2.05) is 14.0 Å². The minimum Gasteiger partial charge on any atom is -0.394 e. The summed E-state index contributed by atoms with van der Waals surface area (Å²) in [5.41, 5.74) is 2.25. The highest BCUT2D eigenvalue weighted by molar-refractivity contribution is 5.31. The smallest absolute Gasteiger partial charge is 0.0652 e. The van der Waals surface area contributed by atoms with Crippen LogP contribution in [-0.2, 0) is 11.0 Å². The van der Waals surface area contributed by atoms with Crippen LogP contribution in [0.2, 0.25) is 0 Å². The van der Waals surface area contributed by atoms with Crippen molar-refractivity contribution in [1.29, 1.82) is 0 Å². The molecule has 2 heteroatoms. The number of aliphatic hydroxyl groups excluding tert-OH is 1. The fraction of sp³-hybridized carbons (Fsp3) is 0.571. The lowest BCUT2D eigenvalue weighted by Gasteiger charge is -2.28. The Labute approximate surface area is 98.7 Å². The zero-order chi connectivity index (χ0) is 12.4. The average molecular weight is 221 g/mol. The lowest BCUT2D eigenvalue weighted by atomic mass is 9.84. The number of hydrogen-bond acceptors (Lipinski definition) is 2. The number of hydrogen-bond donors (Lipinski definition) is 2. The summed E-state index contributed by atoms with van der Waals surface area (Å²) in [6, 6.07) is 8.46. The molecule has 1 rings (SSSR count). The molecule has 0 aliphatic carbocycles. The standard InChI is InChI=1S/C14H23NO/c1-13(2,3)11-6-8-12(9-7-11)14(4,10-16)15-5/h6-9,15-16H,10H2,1-5H3. The van der Waals surface area contributed by atoms with Gasteiger partial charge in [0.15, 0.2) is 0 Å². The molecule has 0 aliphatic heterocycles. The topological polar surface area (TPSA) is 32.3 Å². The minimum absolute atomic E-state index is 0.0956. The summed E-state index contributed by atoms with van der Waals surface area (Å²) >= 11 is 0. The van der Waals surface area contributed by atoms with E-state index in [2.05, 4.69) is 50.4 Å². The molecular weight excluding hydrogens is 198 g/mol. The molecule has 1 aromatic rings. The molecule has 90 valence electrons. The van der Waals surface area contributed by atoms with E-state index < -0.39 is 0 Å². The molecule has 2 N–H and O–H groups in total. The van der Waals surface area contributed by atoms with Gasteiger partial charge in [0, 0.05) is 0 Å². The summed E-state index contributed by atoms with van der Waals surface area (Å²) in [5, 5.41) is 12.6. The number of rotatable bonds is 3. The monoisotopic (exact) mass is 221 g/mol. The molecule has 0 amide bonds. The Hall–Kier alpha value is -0.860. The van der Waals surface area contributed by atoms with Crippen LogP contribution in [0, 0.1) is 0 Å². The third-order valence-electron chi connectivity index (χ3n) is 3.26. The quantitative estimate of drug-likeness (QED) is 0.821. The summed E-state index contributed by atoms with van der Waals surface area (Å²) in [7, 11) is 1.87. The van der Waals surface area contributed by atoms with Gasteiger partial charge >= 0.3 is 0 Å². The van der Waals surface area contributed by atoms with Crippen molar-refractivity contribution in [2.45, 2.75) is 38.6 Å². The highest BCUT2D eigenvalue weighted by atomic mass is 16.3. The second-order valence-corrected chi connectivity index (χ2v) is 5.57. The third kappa shape index (κ3) is 2.63. The lowest BCUT2D eigenvalue weighted by molar-refractivity contribution is 0.183. The predicted molar refractivity (Wildman–Crippen MR) is 68.6 cm³/mol. The van der Waals surface area contributed by atoms with Crippen LogP contribution in [-0.4, -0.2) is 18.8 Å². The van der Waals surface area contributed by atoms with E-state index in [4.69, 9.17) is 0 Å². The summed E-state index contributed by atoms with van der Waals surface area (Å²) in [5.74, 6) is 0. The van der Waals surface area contributed by atoms with E-state index in [0.717, 1.165) is 5.56 Å². The molecular formula is C14H23NO. The Morgan fingerprint density at radius 1 is 1.00 bits per heavy atom. The first-order valence-electron chi connectivity index (χ1n) is 5.74. The van der Waals surface area contributed by atoms with Crippen LogP contribution in [0.1, 0.15) is 38.8 Å². The zero-order valence-electron chi connectivity index (χ0n) is 11.0. The summed E-state index contributed by atoms with van der Waals surface area (Å²) in [6.45, 7) is 8.69. The molecule has 1 atom stereocenters. The van der Waals surface area contributed by atoms with Gasteiger partial charge in [-0.3, -0.25) is 0 Å². The molecule has 0 aromatic heterocycles. The van der Waals surface area contributed by atoms with Crippen LogP contribution < -0.4 is 5.32 Å². The number of benzene rings is 1. The van der Waals surface area contributed by atoms with Gasteiger partial charge in [0.1, 0.15) is 0 Å². The van der Waals surface area contributed by atoms with Crippen molar-refractivity contribution in [3.8, 4) is 0 Å². The Bertz CT molecular complexity index is 331. The van der Waals surface area contributed by atoms with Crippen LogP contribution in [0.25, 0.3) is 0 Å². The second kappa shape index (κ2) is 4.56.